The maximum absolute atomic E-state index is 10.1. The highest BCUT2D eigenvalue weighted by Crippen LogP contribution is 2.15. The Bertz CT molecular complexity index is 393. The van der Waals surface area contributed by atoms with Gasteiger partial charge in [0.1, 0.15) is 17.5 Å². The lowest BCUT2D eigenvalue weighted by Crippen LogP contribution is -2.28. The average Bonchev–Trinajstić information content (AvgIpc) is 2.46. The lowest BCUT2D eigenvalue weighted by Gasteiger charge is -2.20. The molecule has 0 radical (unpaired) electrons. The van der Waals surface area contributed by atoms with Gasteiger partial charge in [0.25, 0.3) is 0 Å². The van der Waals surface area contributed by atoms with Gasteiger partial charge in [-0.25, -0.2) is 9.97 Å². The molecule has 1 rings (SSSR count). The van der Waals surface area contributed by atoms with Gasteiger partial charge in [0.15, 0.2) is 0 Å². The van der Waals surface area contributed by atoms with E-state index in [1.807, 2.05) is 19.9 Å². The van der Waals surface area contributed by atoms with Gasteiger partial charge in [0, 0.05) is 25.6 Å². The molecule has 1 unspecified atom stereocenters. The van der Waals surface area contributed by atoms with Gasteiger partial charge in [-0.15, -0.1) is 0 Å². The van der Waals surface area contributed by atoms with Gasteiger partial charge in [-0.05, 0) is 12.8 Å². The van der Waals surface area contributed by atoms with Crippen LogP contribution in [0.15, 0.2) is 6.07 Å². The summed E-state index contributed by atoms with van der Waals surface area (Å²) < 4.78 is 0. The summed E-state index contributed by atoms with van der Waals surface area (Å²) in [7, 11) is 0. The Kier molecular flexibility index (Phi) is 7.30. The van der Waals surface area contributed by atoms with Gasteiger partial charge in [0.05, 0.1) is 6.10 Å². The minimum absolute atomic E-state index is 0.336. The molecule has 20 heavy (non-hydrogen) atoms. The van der Waals surface area contributed by atoms with Gasteiger partial charge >= 0.3 is 0 Å². The number of aryl methyl sites for hydroxylation is 1. The Hall–Kier alpha value is -1.36. The Balaban J connectivity index is 2.68. The summed E-state index contributed by atoms with van der Waals surface area (Å²) in [5, 5.41) is 16.6. The molecule has 0 amide bonds. The lowest BCUT2D eigenvalue weighted by atomic mass is 9.97. The van der Waals surface area contributed by atoms with Crippen LogP contribution >= 0.6 is 0 Å². The topological polar surface area (TPSA) is 70.1 Å². The Labute approximate surface area is 122 Å². The van der Waals surface area contributed by atoms with Crippen LogP contribution in [-0.4, -0.2) is 34.3 Å². The van der Waals surface area contributed by atoms with Crippen LogP contribution in [0.3, 0.4) is 0 Å². The van der Waals surface area contributed by atoms with Crippen LogP contribution in [-0.2, 0) is 6.42 Å². The third-order valence-corrected chi connectivity index (χ3v) is 3.53. The zero-order chi connectivity index (χ0) is 15.0. The van der Waals surface area contributed by atoms with Crippen molar-refractivity contribution in [2.45, 2.75) is 53.1 Å². The molecule has 1 aromatic heterocycles. The second-order valence-electron chi connectivity index (χ2n) is 4.96. The number of rotatable bonds is 9. The van der Waals surface area contributed by atoms with Crippen molar-refractivity contribution in [3.05, 3.63) is 11.9 Å². The number of aliphatic hydroxyl groups is 1. The smallest absolute Gasteiger partial charge is 0.132 e. The highest BCUT2D eigenvalue weighted by molar-refractivity contribution is 5.47. The molecule has 1 atom stereocenters. The summed E-state index contributed by atoms with van der Waals surface area (Å²) >= 11 is 0. The first-order valence-corrected chi connectivity index (χ1v) is 7.68. The van der Waals surface area contributed by atoms with Gasteiger partial charge in [-0.3, -0.25) is 0 Å². The van der Waals surface area contributed by atoms with Crippen molar-refractivity contribution in [1.82, 2.24) is 9.97 Å². The van der Waals surface area contributed by atoms with Crippen molar-refractivity contribution in [1.29, 1.82) is 0 Å². The number of nitrogens with zero attached hydrogens (tertiary/aromatic N) is 2. The predicted octanol–water partition coefficient (Wildman–Crippen LogP) is 2.68. The number of aromatic nitrogens is 2. The molecular weight excluding hydrogens is 252 g/mol. The Morgan fingerprint density at radius 3 is 2.15 bits per heavy atom. The van der Waals surface area contributed by atoms with Crippen molar-refractivity contribution in [3.8, 4) is 0 Å². The zero-order valence-electron chi connectivity index (χ0n) is 13.1. The normalized spacial score (nSPS) is 12.5. The maximum Gasteiger partial charge on any atom is 0.132 e. The highest BCUT2D eigenvalue weighted by atomic mass is 16.3. The van der Waals surface area contributed by atoms with E-state index in [2.05, 4.69) is 34.4 Å². The van der Waals surface area contributed by atoms with Gasteiger partial charge in [-0.2, -0.15) is 0 Å². The molecule has 0 bridgehead atoms. The summed E-state index contributed by atoms with van der Waals surface area (Å²) in [6.07, 6.45) is 2.44. The fourth-order valence-corrected chi connectivity index (χ4v) is 2.23. The van der Waals surface area contributed by atoms with Crippen LogP contribution in [0.25, 0.3) is 0 Å². The summed E-state index contributed by atoms with van der Waals surface area (Å²) in [5.74, 6) is 2.75. The summed E-state index contributed by atoms with van der Waals surface area (Å²) in [6, 6.07) is 1.89. The van der Waals surface area contributed by atoms with Crippen LogP contribution < -0.4 is 10.6 Å². The maximum atomic E-state index is 10.1. The molecule has 1 heterocycles. The first kappa shape index (κ1) is 16.7. The minimum Gasteiger partial charge on any atom is -0.391 e. The SMILES string of the molecule is CCNc1cc(NCC(O)C(CC)CC)nc(CC)n1. The average molecular weight is 280 g/mol. The van der Waals surface area contributed by atoms with E-state index in [0.717, 1.165) is 43.3 Å². The molecule has 5 nitrogen and oxygen atoms in total. The standard InChI is InChI=1S/C15H28N4O/c1-5-11(6-2)12(20)10-17-15-9-14(16-8-4)18-13(7-3)19-15/h9,11-12,20H,5-8,10H2,1-4H3,(H2,16,17,18,19). The second-order valence-corrected chi connectivity index (χ2v) is 4.96. The molecule has 0 aromatic carbocycles. The molecule has 0 aliphatic carbocycles. The molecular formula is C15H28N4O. The second kappa shape index (κ2) is 8.74. The molecule has 0 aliphatic heterocycles. The predicted molar refractivity (Wildman–Crippen MR) is 84.1 cm³/mol. The lowest BCUT2D eigenvalue weighted by molar-refractivity contribution is 0.114. The third-order valence-electron chi connectivity index (χ3n) is 3.53. The summed E-state index contributed by atoms with van der Waals surface area (Å²) in [6.45, 7) is 9.65. The molecule has 0 aliphatic rings. The van der Waals surface area contributed by atoms with E-state index < -0.39 is 0 Å². The van der Waals surface area contributed by atoms with E-state index in [4.69, 9.17) is 0 Å². The van der Waals surface area contributed by atoms with E-state index >= 15 is 0 Å². The molecule has 3 N–H and O–H groups in total. The van der Waals surface area contributed by atoms with Crippen LogP contribution in [0, 0.1) is 5.92 Å². The number of anilines is 2. The highest BCUT2D eigenvalue weighted by Gasteiger charge is 2.15. The van der Waals surface area contributed by atoms with Gasteiger partial charge in [0.2, 0.25) is 0 Å². The molecule has 114 valence electrons. The van der Waals surface area contributed by atoms with E-state index in [9.17, 15) is 5.11 Å². The summed E-state index contributed by atoms with van der Waals surface area (Å²) in [5.41, 5.74) is 0. The third kappa shape index (κ3) is 4.96. The molecule has 0 saturated heterocycles. The van der Waals surface area contributed by atoms with E-state index in [-0.39, 0.29) is 6.10 Å². The van der Waals surface area contributed by atoms with E-state index in [0.29, 0.717) is 12.5 Å². The number of aliphatic hydroxyl groups excluding tert-OH is 1. The monoisotopic (exact) mass is 280 g/mol. The van der Waals surface area contributed by atoms with Crippen LogP contribution in [0.4, 0.5) is 11.6 Å². The van der Waals surface area contributed by atoms with Crippen LogP contribution in [0.2, 0.25) is 0 Å². The molecule has 0 spiro atoms. The number of nitrogens with one attached hydrogen (secondary N) is 2. The van der Waals surface area contributed by atoms with Crippen LogP contribution in [0.5, 0.6) is 0 Å². The van der Waals surface area contributed by atoms with Crippen molar-refractivity contribution in [2.24, 2.45) is 5.92 Å². The minimum atomic E-state index is -0.340. The van der Waals surface area contributed by atoms with E-state index in [1.54, 1.807) is 0 Å². The quantitative estimate of drug-likeness (QED) is 0.649. The van der Waals surface area contributed by atoms with Crippen molar-refractivity contribution in [3.63, 3.8) is 0 Å². The fraction of sp³-hybridized carbons (Fsp3) is 0.733. The first-order valence-electron chi connectivity index (χ1n) is 7.68. The summed E-state index contributed by atoms with van der Waals surface area (Å²) in [4.78, 5) is 8.86. The first-order chi connectivity index (χ1) is 9.64. The molecule has 0 fully saturated rings. The molecule has 1 aromatic rings. The van der Waals surface area contributed by atoms with Crippen molar-refractivity contribution >= 4 is 11.6 Å². The van der Waals surface area contributed by atoms with Crippen LogP contribution in [0.1, 0.15) is 46.4 Å². The van der Waals surface area contributed by atoms with E-state index in [1.165, 1.54) is 0 Å². The zero-order valence-corrected chi connectivity index (χ0v) is 13.1. The van der Waals surface area contributed by atoms with Gasteiger partial charge in [-0.1, -0.05) is 33.6 Å². The number of hydrogen-bond donors (Lipinski definition) is 3. The Morgan fingerprint density at radius 1 is 1.05 bits per heavy atom. The fourth-order valence-electron chi connectivity index (χ4n) is 2.23. The molecule has 5 heteroatoms. The number of hydrogen-bond acceptors (Lipinski definition) is 5. The van der Waals surface area contributed by atoms with Gasteiger partial charge < -0.3 is 15.7 Å². The van der Waals surface area contributed by atoms with Crippen molar-refractivity contribution < 1.29 is 5.11 Å². The Morgan fingerprint density at radius 2 is 1.65 bits per heavy atom. The largest absolute Gasteiger partial charge is 0.391 e. The van der Waals surface area contributed by atoms with Crippen molar-refractivity contribution in [2.75, 3.05) is 23.7 Å². The molecule has 0 saturated carbocycles.